The Labute approximate surface area is 122 Å². The third kappa shape index (κ3) is 3.13. The number of H-pyrrole nitrogens is 1. The van der Waals surface area contributed by atoms with Crippen LogP contribution in [0, 0.1) is 0 Å². The quantitative estimate of drug-likeness (QED) is 0.916. The zero-order valence-electron chi connectivity index (χ0n) is 12.5. The summed E-state index contributed by atoms with van der Waals surface area (Å²) in [7, 11) is 5.12. The highest BCUT2D eigenvalue weighted by Crippen LogP contribution is 2.20. The fourth-order valence-corrected chi connectivity index (χ4v) is 1.84. The number of rotatable bonds is 4. The van der Waals surface area contributed by atoms with Crippen molar-refractivity contribution in [2.45, 2.75) is 13.0 Å². The van der Waals surface area contributed by atoms with Gasteiger partial charge in [-0.1, -0.05) is 0 Å². The molecule has 0 aliphatic rings. The van der Waals surface area contributed by atoms with Gasteiger partial charge in [-0.05, 0) is 19.1 Å². The zero-order valence-corrected chi connectivity index (χ0v) is 12.5. The first-order valence-corrected chi connectivity index (χ1v) is 6.49. The first-order chi connectivity index (χ1) is 9.90. The minimum Gasteiger partial charge on any atom is -0.467 e. The topological polar surface area (TPSA) is 82.4 Å². The van der Waals surface area contributed by atoms with Crippen molar-refractivity contribution in [2.75, 3.05) is 26.0 Å². The van der Waals surface area contributed by atoms with Crippen molar-refractivity contribution in [2.24, 2.45) is 0 Å². The van der Waals surface area contributed by atoms with Gasteiger partial charge in [0, 0.05) is 27.2 Å². The third-order valence-corrected chi connectivity index (χ3v) is 3.23. The number of hydrogen-bond donors (Lipinski definition) is 1. The van der Waals surface area contributed by atoms with Gasteiger partial charge in [0.05, 0.1) is 12.3 Å². The number of nitrogens with zero attached hydrogens (tertiary/aromatic N) is 3. The molecule has 2 rings (SSSR count). The van der Waals surface area contributed by atoms with Crippen LogP contribution in [-0.2, 0) is 0 Å². The molecule has 0 saturated heterocycles. The van der Waals surface area contributed by atoms with E-state index in [4.69, 9.17) is 4.42 Å². The summed E-state index contributed by atoms with van der Waals surface area (Å²) >= 11 is 0. The molecule has 112 valence electrons. The maximum atomic E-state index is 12.5. The maximum Gasteiger partial charge on any atom is 0.273 e. The molecular weight excluding hydrogens is 272 g/mol. The highest BCUT2D eigenvalue weighted by molar-refractivity contribution is 5.92. The predicted molar refractivity (Wildman–Crippen MR) is 78.4 cm³/mol. The van der Waals surface area contributed by atoms with Gasteiger partial charge < -0.3 is 14.2 Å². The van der Waals surface area contributed by atoms with Crippen LogP contribution in [0.2, 0.25) is 0 Å². The third-order valence-electron chi connectivity index (χ3n) is 3.23. The highest BCUT2D eigenvalue weighted by Gasteiger charge is 2.22. The van der Waals surface area contributed by atoms with Crippen molar-refractivity contribution in [1.29, 1.82) is 0 Å². The molecule has 0 aliphatic heterocycles. The Morgan fingerprint density at radius 1 is 1.38 bits per heavy atom. The van der Waals surface area contributed by atoms with Gasteiger partial charge in [-0.15, -0.1) is 0 Å². The predicted octanol–water partition coefficient (Wildman–Crippen LogP) is 1.26. The lowest BCUT2D eigenvalue weighted by Crippen LogP contribution is -2.32. The zero-order chi connectivity index (χ0) is 15.6. The van der Waals surface area contributed by atoms with E-state index in [2.05, 4.69) is 9.97 Å². The van der Waals surface area contributed by atoms with E-state index in [1.807, 2.05) is 6.92 Å². The van der Waals surface area contributed by atoms with E-state index in [0.29, 0.717) is 11.7 Å². The van der Waals surface area contributed by atoms with Crippen LogP contribution in [0.4, 0.5) is 5.95 Å². The number of hydrogen-bond acceptors (Lipinski definition) is 5. The van der Waals surface area contributed by atoms with Gasteiger partial charge in [0.1, 0.15) is 11.5 Å². The van der Waals surface area contributed by atoms with Crippen molar-refractivity contribution >= 4 is 11.9 Å². The number of amides is 1. The van der Waals surface area contributed by atoms with Gasteiger partial charge >= 0.3 is 0 Å². The average molecular weight is 290 g/mol. The Morgan fingerprint density at radius 2 is 2.10 bits per heavy atom. The van der Waals surface area contributed by atoms with Crippen LogP contribution in [0.1, 0.15) is 29.2 Å². The number of carbonyl (C=O) groups is 1. The van der Waals surface area contributed by atoms with Crippen LogP contribution in [0.15, 0.2) is 33.7 Å². The second-order valence-corrected chi connectivity index (χ2v) is 4.96. The van der Waals surface area contributed by atoms with E-state index in [9.17, 15) is 9.59 Å². The van der Waals surface area contributed by atoms with Gasteiger partial charge in [0.15, 0.2) is 0 Å². The lowest BCUT2D eigenvalue weighted by molar-refractivity contribution is 0.0720. The van der Waals surface area contributed by atoms with E-state index in [-0.39, 0.29) is 23.2 Å². The molecule has 7 heteroatoms. The lowest BCUT2D eigenvalue weighted by Gasteiger charge is -2.23. The fourth-order valence-electron chi connectivity index (χ4n) is 1.84. The summed E-state index contributed by atoms with van der Waals surface area (Å²) in [5.41, 5.74) is -0.264. The molecule has 2 heterocycles. The monoisotopic (exact) mass is 290 g/mol. The molecular formula is C14H18N4O3. The summed E-state index contributed by atoms with van der Waals surface area (Å²) in [4.78, 5) is 33.9. The summed E-state index contributed by atoms with van der Waals surface area (Å²) in [6, 6.07) is 4.50. The van der Waals surface area contributed by atoms with Crippen LogP contribution in [-0.4, -0.2) is 41.9 Å². The van der Waals surface area contributed by atoms with Gasteiger partial charge in [-0.3, -0.25) is 14.6 Å². The molecule has 21 heavy (non-hydrogen) atoms. The Hall–Kier alpha value is -2.57. The molecule has 1 unspecified atom stereocenters. The number of aromatic nitrogens is 2. The fraction of sp³-hybridized carbons (Fsp3) is 0.357. The van der Waals surface area contributed by atoms with E-state index >= 15 is 0 Å². The summed E-state index contributed by atoms with van der Waals surface area (Å²) < 4.78 is 5.30. The smallest absolute Gasteiger partial charge is 0.273 e. The molecule has 0 aliphatic carbocycles. The van der Waals surface area contributed by atoms with Crippen molar-refractivity contribution in [3.05, 3.63) is 46.3 Å². The first kappa shape index (κ1) is 14.8. The number of anilines is 1. The molecule has 0 fully saturated rings. The number of nitrogens with one attached hydrogen (secondary N) is 1. The highest BCUT2D eigenvalue weighted by atomic mass is 16.3. The summed E-state index contributed by atoms with van der Waals surface area (Å²) in [6.07, 6.45) is 1.56. The molecule has 0 spiro atoms. The maximum absolute atomic E-state index is 12.5. The normalized spacial score (nSPS) is 12.0. The van der Waals surface area contributed by atoms with E-state index < -0.39 is 0 Å². The molecule has 7 nitrogen and oxygen atoms in total. The second kappa shape index (κ2) is 5.82. The number of aromatic amines is 1. The molecule has 1 N–H and O–H groups in total. The molecule has 1 atom stereocenters. The van der Waals surface area contributed by atoms with Crippen LogP contribution in [0.3, 0.4) is 0 Å². The van der Waals surface area contributed by atoms with Gasteiger partial charge in [0.25, 0.3) is 11.5 Å². The van der Waals surface area contributed by atoms with Gasteiger partial charge in [-0.25, -0.2) is 4.98 Å². The van der Waals surface area contributed by atoms with Crippen LogP contribution in [0.25, 0.3) is 0 Å². The standard InChI is InChI=1S/C14H18N4O3/c1-9(11-6-5-7-21-11)18(4)13(20)10-8-12(19)16-14(15-10)17(2)3/h5-9H,1-4H3,(H,15,16,19). The molecule has 0 saturated carbocycles. The average Bonchev–Trinajstić information content (AvgIpc) is 2.98. The minimum atomic E-state index is -0.365. The van der Waals surface area contributed by atoms with Crippen LogP contribution >= 0.6 is 0 Å². The lowest BCUT2D eigenvalue weighted by atomic mass is 10.2. The van der Waals surface area contributed by atoms with Crippen LogP contribution in [0.5, 0.6) is 0 Å². The molecule has 2 aromatic rings. The van der Waals surface area contributed by atoms with E-state index in [0.717, 1.165) is 0 Å². The molecule has 1 amide bonds. The van der Waals surface area contributed by atoms with Crippen molar-refractivity contribution < 1.29 is 9.21 Å². The van der Waals surface area contributed by atoms with Crippen LogP contribution < -0.4 is 10.5 Å². The Kier molecular flexibility index (Phi) is 4.11. The second-order valence-electron chi connectivity index (χ2n) is 4.96. The largest absolute Gasteiger partial charge is 0.467 e. The Balaban J connectivity index is 2.29. The molecule has 0 bridgehead atoms. The minimum absolute atomic E-state index is 0.100. The number of carbonyl (C=O) groups excluding carboxylic acids is 1. The van der Waals surface area contributed by atoms with Crippen molar-refractivity contribution in [1.82, 2.24) is 14.9 Å². The van der Waals surface area contributed by atoms with E-state index in [1.54, 1.807) is 44.4 Å². The molecule has 2 aromatic heterocycles. The van der Waals surface area contributed by atoms with E-state index in [1.165, 1.54) is 11.0 Å². The SMILES string of the molecule is CC(c1ccco1)N(C)C(=O)c1cc(=O)[nH]c(N(C)C)n1. The summed E-state index contributed by atoms with van der Waals surface area (Å²) in [5.74, 6) is 0.668. The molecule has 0 radical (unpaired) electrons. The number of furan rings is 1. The van der Waals surface area contributed by atoms with Gasteiger partial charge in [-0.2, -0.15) is 0 Å². The van der Waals surface area contributed by atoms with Crippen molar-refractivity contribution in [3.63, 3.8) is 0 Å². The Bertz CT molecular complexity index is 676. The molecule has 0 aromatic carbocycles. The van der Waals surface area contributed by atoms with Gasteiger partial charge in [0.2, 0.25) is 5.95 Å². The summed E-state index contributed by atoms with van der Waals surface area (Å²) in [6.45, 7) is 1.84. The first-order valence-electron chi connectivity index (χ1n) is 6.49. The Morgan fingerprint density at radius 3 is 2.67 bits per heavy atom. The summed E-state index contributed by atoms with van der Waals surface area (Å²) in [5, 5.41) is 0. The van der Waals surface area contributed by atoms with Crippen molar-refractivity contribution in [3.8, 4) is 0 Å².